The summed E-state index contributed by atoms with van der Waals surface area (Å²) >= 11 is 0. The summed E-state index contributed by atoms with van der Waals surface area (Å²) in [5, 5.41) is 10.4. The van der Waals surface area contributed by atoms with Crippen LogP contribution in [0.3, 0.4) is 0 Å². The Morgan fingerprint density at radius 2 is 1.69 bits per heavy atom. The summed E-state index contributed by atoms with van der Waals surface area (Å²) in [6, 6.07) is 0. The van der Waals surface area contributed by atoms with Crippen molar-refractivity contribution in [3.63, 3.8) is 0 Å². The summed E-state index contributed by atoms with van der Waals surface area (Å²) in [6.07, 6.45) is 6.18. The van der Waals surface area contributed by atoms with Gasteiger partial charge in [-0.05, 0) is 39.3 Å². The molecule has 0 radical (unpaired) electrons. The molecule has 1 unspecified atom stereocenters. The van der Waals surface area contributed by atoms with Crippen molar-refractivity contribution < 1.29 is 5.11 Å². The fraction of sp³-hybridized carbons (Fsp3) is 1.00. The lowest BCUT2D eigenvalue weighted by molar-refractivity contribution is -0.0173. The molecule has 0 aromatic carbocycles. The second kappa shape index (κ2) is 6.02. The summed E-state index contributed by atoms with van der Waals surface area (Å²) < 4.78 is 0. The fourth-order valence-corrected chi connectivity index (χ4v) is 3.10. The highest BCUT2D eigenvalue weighted by atomic mass is 16.3. The maximum atomic E-state index is 10.4. The second-order valence-electron chi connectivity index (χ2n) is 5.73. The molecule has 0 heterocycles. The van der Waals surface area contributed by atoms with E-state index in [0.29, 0.717) is 0 Å². The van der Waals surface area contributed by atoms with E-state index in [-0.39, 0.29) is 11.6 Å². The summed E-state index contributed by atoms with van der Waals surface area (Å²) in [6.45, 7) is 10.7. The zero-order valence-corrected chi connectivity index (χ0v) is 11.5. The number of hydrogen-bond donors (Lipinski definition) is 1. The summed E-state index contributed by atoms with van der Waals surface area (Å²) in [5.41, 5.74) is -0.0773. The molecule has 0 bridgehead atoms. The van der Waals surface area contributed by atoms with Crippen LogP contribution in [0, 0.1) is 5.92 Å². The molecule has 1 rings (SSSR count). The molecular formula is C14H29NO. The van der Waals surface area contributed by atoms with Crippen LogP contribution in [-0.2, 0) is 0 Å². The summed E-state index contributed by atoms with van der Waals surface area (Å²) in [4.78, 5) is 2.37. The SMILES string of the molecule is CCN(CC)C(C)(C)C(O)CC1CCCC1. The van der Waals surface area contributed by atoms with Crippen molar-refractivity contribution in [1.29, 1.82) is 0 Å². The van der Waals surface area contributed by atoms with Crippen molar-refractivity contribution in [3.05, 3.63) is 0 Å². The van der Waals surface area contributed by atoms with E-state index in [1.54, 1.807) is 0 Å². The van der Waals surface area contributed by atoms with Gasteiger partial charge in [0.15, 0.2) is 0 Å². The lowest BCUT2D eigenvalue weighted by atomic mass is 9.87. The topological polar surface area (TPSA) is 23.5 Å². The molecule has 1 N–H and O–H groups in total. The lowest BCUT2D eigenvalue weighted by Gasteiger charge is -2.41. The number of rotatable bonds is 6. The maximum absolute atomic E-state index is 10.4. The van der Waals surface area contributed by atoms with Crippen LogP contribution in [0.1, 0.15) is 59.8 Å². The number of likely N-dealkylation sites (N-methyl/N-ethyl adjacent to an activating group) is 1. The Labute approximate surface area is 101 Å². The smallest absolute Gasteiger partial charge is 0.0721 e. The van der Waals surface area contributed by atoms with Crippen molar-refractivity contribution in [3.8, 4) is 0 Å². The van der Waals surface area contributed by atoms with E-state index < -0.39 is 0 Å². The quantitative estimate of drug-likeness (QED) is 0.754. The Morgan fingerprint density at radius 3 is 2.12 bits per heavy atom. The highest BCUT2D eigenvalue weighted by Gasteiger charge is 2.34. The molecule has 0 amide bonds. The molecule has 1 aliphatic carbocycles. The van der Waals surface area contributed by atoms with Crippen LogP contribution in [-0.4, -0.2) is 34.7 Å². The second-order valence-corrected chi connectivity index (χ2v) is 5.73. The molecule has 0 aromatic heterocycles. The summed E-state index contributed by atoms with van der Waals surface area (Å²) in [5.74, 6) is 0.768. The van der Waals surface area contributed by atoms with Crippen LogP contribution in [0.25, 0.3) is 0 Å². The lowest BCUT2D eigenvalue weighted by Crippen LogP contribution is -2.52. The monoisotopic (exact) mass is 227 g/mol. The first kappa shape index (κ1) is 14.0. The standard InChI is InChI=1S/C14H29NO/c1-5-15(6-2)14(3,4)13(16)11-12-9-7-8-10-12/h12-13,16H,5-11H2,1-4H3. The molecule has 96 valence electrons. The van der Waals surface area contributed by atoms with Crippen molar-refractivity contribution in [2.45, 2.75) is 71.4 Å². The normalized spacial score (nSPS) is 20.6. The van der Waals surface area contributed by atoms with Gasteiger partial charge in [0.25, 0.3) is 0 Å². The van der Waals surface area contributed by atoms with Gasteiger partial charge in [-0.1, -0.05) is 39.5 Å². The van der Waals surface area contributed by atoms with E-state index >= 15 is 0 Å². The Bertz CT molecular complexity index is 193. The molecular weight excluding hydrogens is 198 g/mol. The number of aliphatic hydroxyl groups excluding tert-OH is 1. The van der Waals surface area contributed by atoms with Crippen LogP contribution >= 0.6 is 0 Å². The molecule has 2 heteroatoms. The van der Waals surface area contributed by atoms with Gasteiger partial charge in [-0.2, -0.15) is 0 Å². The predicted molar refractivity (Wildman–Crippen MR) is 69.6 cm³/mol. The predicted octanol–water partition coefficient (Wildman–Crippen LogP) is 3.05. The Morgan fingerprint density at radius 1 is 1.19 bits per heavy atom. The van der Waals surface area contributed by atoms with Crippen LogP contribution in [0.2, 0.25) is 0 Å². The maximum Gasteiger partial charge on any atom is 0.0721 e. The third kappa shape index (κ3) is 3.21. The molecule has 2 nitrogen and oxygen atoms in total. The van der Waals surface area contributed by atoms with Gasteiger partial charge in [-0.3, -0.25) is 4.90 Å². The first-order valence-corrected chi connectivity index (χ1v) is 6.95. The zero-order chi connectivity index (χ0) is 12.2. The molecule has 0 spiro atoms. The van der Waals surface area contributed by atoms with E-state index in [9.17, 15) is 5.11 Å². The molecule has 1 aliphatic rings. The molecule has 16 heavy (non-hydrogen) atoms. The van der Waals surface area contributed by atoms with Gasteiger partial charge in [0.2, 0.25) is 0 Å². The van der Waals surface area contributed by atoms with Gasteiger partial charge in [-0.25, -0.2) is 0 Å². The Hall–Kier alpha value is -0.0800. The molecule has 0 aliphatic heterocycles. The van der Waals surface area contributed by atoms with Gasteiger partial charge < -0.3 is 5.11 Å². The molecule has 0 saturated heterocycles. The average molecular weight is 227 g/mol. The van der Waals surface area contributed by atoms with Gasteiger partial charge in [0.05, 0.1) is 6.10 Å². The molecule has 1 fully saturated rings. The highest BCUT2D eigenvalue weighted by molar-refractivity contribution is 4.89. The van der Waals surface area contributed by atoms with Gasteiger partial charge in [-0.15, -0.1) is 0 Å². The van der Waals surface area contributed by atoms with Crippen molar-refractivity contribution in [1.82, 2.24) is 4.90 Å². The van der Waals surface area contributed by atoms with Crippen molar-refractivity contribution in [2.75, 3.05) is 13.1 Å². The number of nitrogens with zero attached hydrogens (tertiary/aromatic N) is 1. The minimum Gasteiger partial charge on any atom is -0.391 e. The molecule has 1 atom stereocenters. The minimum absolute atomic E-state index is 0.0773. The first-order chi connectivity index (χ1) is 7.52. The van der Waals surface area contributed by atoms with Gasteiger partial charge in [0.1, 0.15) is 0 Å². The number of aliphatic hydroxyl groups is 1. The third-order valence-corrected chi connectivity index (χ3v) is 4.43. The van der Waals surface area contributed by atoms with Crippen molar-refractivity contribution >= 4 is 0 Å². The van der Waals surface area contributed by atoms with Crippen molar-refractivity contribution in [2.24, 2.45) is 5.92 Å². The summed E-state index contributed by atoms with van der Waals surface area (Å²) in [7, 11) is 0. The largest absolute Gasteiger partial charge is 0.391 e. The number of hydrogen-bond acceptors (Lipinski definition) is 2. The zero-order valence-electron chi connectivity index (χ0n) is 11.5. The highest BCUT2D eigenvalue weighted by Crippen LogP contribution is 2.32. The van der Waals surface area contributed by atoms with Gasteiger partial charge >= 0.3 is 0 Å². The fourth-order valence-electron chi connectivity index (χ4n) is 3.10. The van der Waals surface area contributed by atoms with E-state index in [4.69, 9.17) is 0 Å². The van der Waals surface area contributed by atoms with E-state index in [2.05, 4.69) is 32.6 Å². The van der Waals surface area contributed by atoms with E-state index in [1.807, 2.05) is 0 Å². The van der Waals surface area contributed by atoms with E-state index in [0.717, 1.165) is 25.4 Å². The first-order valence-electron chi connectivity index (χ1n) is 6.95. The van der Waals surface area contributed by atoms with Gasteiger partial charge in [0, 0.05) is 5.54 Å². The van der Waals surface area contributed by atoms with E-state index in [1.165, 1.54) is 25.7 Å². The minimum atomic E-state index is -0.185. The third-order valence-electron chi connectivity index (χ3n) is 4.43. The van der Waals surface area contributed by atoms with Crippen LogP contribution in [0.5, 0.6) is 0 Å². The Balaban J connectivity index is 2.51. The Kier molecular flexibility index (Phi) is 5.26. The molecule has 1 saturated carbocycles. The van der Waals surface area contributed by atoms with Crippen LogP contribution in [0.15, 0.2) is 0 Å². The van der Waals surface area contributed by atoms with Crippen LogP contribution in [0.4, 0.5) is 0 Å². The average Bonchev–Trinajstić information content (AvgIpc) is 2.71. The van der Waals surface area contributed by atoms with Crippen LogP contribution < -0.4 is 0 Å². The molecule has 0 aromatic rings.